The molecule has 1 atom stereocenters. The molecule has 1 aromatic carbocycles. The minimum Gasteiger partial charge on any atom is -0.406 e. The van der Waals surface area contributed by atoms with Crippen LogP contribution in [0.25, 0.3) is 0 Å². The van der Waals surface area contributed by atoms with Gasteiger partial charge in [0.2, 0.25) is 0 Å². The lowest BCUT2D eigenvalue weighted by molar-refractivity contribution is -0.274. The minimum atomic E-state index is -4.68. The van der Waals surface area contributed by atoms with Crippen molar-refractivity contribution in [1.82, 2.24) is 4.90 Å². The summed E-state index contributed by atoms with van der Waals surface area (Å²) in [6, 6.07) is 4.33. The summed E-state index contributed by atoms with van der Waals surface area (Å²) in [5.41, 5.74) is 1.42. The molecule has 1 fully saturated rings. The average Bonchev–Trinajstić information content (AvgIpc) is 2.62. The van der Waals surface area contributed by atoms with E-state index >= 15 is 0 Å². The molecule has 0 bridgehead atoms. The van der Waals surface area contributed by atoms with Gasteiger partial charge in [-0.15, -0.1) is 13.2 Å². The third-order valence-electron chi connectivity index (χ3n) is 3.65. The fourth-order valence-corrected chi connectivity index (χ4v) is 3.53. The zero-order valence-corrected chi connectivity index (χ0v) is 12.7. The summed E-state index contributed by atoms with van der Waals surface area (Å²) in [6.45, 7) is 0.912. The Hall–Kier alpha value is -1.24. The normalized spacial score (nSPS) is 22.0. The van der Waals surface area contributed by atoms with Crippen LogP contribution in [0.15, 0.2) is 23.2 Å². The monoisotopic (exact) mass is 362 g/mol. The van der Waals surface area contributed by atoms with Gasteiger partial charge in [-0.25, -0.2) is 4.99 Å². The first-order valence-electron chi connectivity index (χ1n) is 6.82. The average molecular weight is 363 g/mol. The van der Waals surface area contributed by atoms with Crippen molar-refractivity contribution in [2.45, 2.75) is 37.0 Å². The quantitative estimate of drug-likeness (QED) is 0.524. The summed E-state index contributed by atoms with van der Waals surface area (Å²) in [5.74, 6) is 0.707. The molecule has 0 spiro atoms. The zero-order valence-electron chi connectivity index (χ0n) is 11.2. The van der Waals surface area contributed by atoms with Crippen molar-refractivity contribution in [1.29, 1.82) is 0 Å². The number of benzene rings is 1. The first-order chi connectivity index (χ1) is 9.94. The van der Waals surface area contributed by atoms with Crippen molar-refractivity contribution in [3.8, 4) is 5.75 Å². The van der Waals surface area contributed by atoms with E-state index in [9.17, 15) is 13.2 Å². The van der Waals surface area contributed by atoms with Crippen molar-refractivity contribution in [2.75, 3.05) is 6.54 Å². The van der Waals surface area contributed by atoms with Gasteiger partial charge in [-0.1, -0.05) is 28.4 Å². The van der Waals surface area contributed by atoms with Gasteiger partial charge in [0.25, 0.3) is 0 Å². The number of hydrogen-bond acceptors (Lipinski definition) is 3. The van der Waals surface area contributed by atoms with Gasteiger partial charge in [-0.3, -0.25) is 0 Å². The summed E-state index contributed by atoms with van der Waals surface area (Å²) in [6.07, 6.45) is -0.521. The lowest BCUT2D eigenvalue weighted by atomic mass is 10.1. The SMILES string of the molecule is FC(F)(F)Oc1ccc2c(c1)N=C1CCCCCN1C2Br. The first-order valence-corrected chi connectivity index (χ1v) is 7.73. The summed E-state index contributed by atoms with van der Waals surface area (Å²) >= 11 is 3.63. The Morgan fingerprint density at radius 1 is 1.24 bits per heavy atom. The molecule has 114 valence electrons. The molecule has 3 rings (SSSR count). The Bertz CT molecular complexity index is 574. The Kier molecular flexibility index (Phi) is 3.86. The van der Waals surface area contributed by atoms with E-state index in [0.717, 1.165) is 43.6 Å². The molecule has 2 aliphatic rings. The second kappa shape index (κ2) is 5.51. The number of hydrogen-bond donors (Lipinski definition) is 0. The second-order valence-electron chi connectivity index (χ2n) is 5.14. The second-order valence-corrected chi connectivity index (χ2v) is 6.00. The molecular formula is C14H14BrF3N2O. The third kappa shape index (κ3) is 3.17. The van der Waals surface area contributed by atoms with Crippen LogP contribution in [0.4, 0.5) is 18.9 Å². The smallest absolute Gasteiger partial charge is 0.406 e. The number of nitrogens with zero attached hydrogens (tertiary/aromatic N) is 2. The summed E-state index contributed by atoms with van der Waals surface area (Å²) in [5, 5.41) is 0. The maximum absolute atomic E-state index is 12.3. The van der Waals surface area contributed by atoms with Crippen LogP contribution in [0.3, 0.4) is 0 Å². The number of halogens is 4. The lowest BCUT2D eigenvalue weighted by Gasteiger charge is -2.34. The molecule has 1 aromatic rings. The molecule has 0 saturated carbocycles. The fourth-order valence-electron chi connectivity index (χ4n) is 2.70. The molecule has 21 heavy (non-hydrogen) atoms. The molecule has 0 amide bonds. The van der Waals surface area contributed by atoms with Crippen molar-refractivity contribution in [3.05, 3.63) is 23.8 Å². The van der Waals surface area contributed by atoms with Gasteiger partial charge in [-0.2, -0.15) is 0 Å². The highest BCUT2D eigenvalue weighted by molar-refractivity contribution is 9.09. The molecule has 2 aliphatic heterocycles. The maximum Gasteiger partial charge on any atom is 0.573 e. The number of alkyl halides is 4. The highest BCUT2D eigenvalue weighted by Gasteiger charge is 2.33. The summed E-state index contributed by atoms with van der Waals surface area (Å²) < 4.78 is 40.9. The molecule has 7 heteroatoms. The van der Waals surface area contributed by atoms with Gasteiger partial charge in [0.05, 0.1) is 5.69 Å². The van der Waals surface area contributed by atoms with E-state index in [0.29, 0.717) is 5.69 Å². The maximum atomic E-state index is 12.3. The van der Waals surface area contributed by atoms with Gasteiger partial charge in [0.15, 0.2) is 0 Å². The Balaban J connectivity index is 1.95. The standard InChI is InChI=1S/C14H14BrF3N2O/c15-13-10-6-5-9(21-14(16,17)18)8-11(10)19-12-4-2-1-3-7-20(12)13/h5-6,8,13H,1-4,7H2. The van der Waals surface area contributed by atoms with Crippen LogP contribution >= 0.6 is 15.9 Å². The van der Waals surface area contributed by atoms with E-state index in [2.05, 4.69) is 30.6 Å². The van der Waals surface area contributed by atoms with Gasteiger partial charge < -0.3 is 9.64 Å². The van der Waals surface area contributed by atoms with Crippen LogP contribution < -0.4 is 4.74 Å². The Labute approximate surface area is 128 Å². The van der Waals surface area contributed by atoms with E-state index in [1.54, 1.807) is 6.07 Å². The van der Waals surface area contributed by atoms with Crippen LogP contribution in [-0.2, 0) is 0 Å². The van der Waals surface area contributed by atoms with Gasteiger partial charge in [0, 0.05) is 24.6 Å². The van der Waals surface area contributed by atoms with Crippen LogP contribution in [0.5, 0.6) is 5.75 Å². The van der Waals surface area contributed by atoms with E-state index in [4.69, 9.17) is 0 Å². The number of fused-ring (bicyclic) bond motifs is 2. The molecular weight excluding hydrogens is 349 g/mol. The minimum absolute atomic E-state index is 0.0435. The molecule has 3 nitrogen and oxygen atoms in total. The van der Waals surface area contributed by atoms with Gasteiger partial charge >= 0.3 is 6.36 Å². The summed E-state index contributed by atoms with van der Waals surface area (Å²) in [7, 11) is 0. The Morgan fingerprint density at radius 2 is 2.05 bits per heavy atom. The molecule has 0 aliphatic carbocycles. The summed E-state index contributed by atoms with van der Waals surface area (Å²) in [4.78, 5) is 6.67. The number of aliphatic imine (C=N–C) groups is 1. The predicted molar refractivity (Wildman–Crippen MR) is 77.1 cm³/mol. The predicted octanol–water partition coefficient (Wildman–Crippen LogP) is 4.90. The van der Waals surface area contributed by atoms with E-state index < -0.39 is 6.36 Å². The topological polar surface area (TPSA) is 24.8 Å². The largest absolute Gasteiger partial charge is 0.573 e. The highest BCUT2D eigenvalue weighted by atomic mass is 79.9. The van der Waals surface area contributed by atoms with Crippen LogP contribution in [0.2, 0.25) is 0 Å². The van der Waals surface area contributed by atoms with Gasteiger partial charge in [-0.05, 0) is 18.9 Å². The molecule has 0 aromatic heterocycles. The highest BCUT2D eigenvalue weighted by Crippen LogP contribution is 2.42. The van der Waals surface area contributed by atoms with E-state index in [1.807, 2.05) is 0 Å². The lowest BCUT2D eigenvalue weighted by Crippen LogP contribution is -2.34. The first kappa shape index (κ1) is 14.7. The molecule has 0 radical (unpaired) electrons. The van der Waals surface area contributed by atoms with Crippen LogP contribution in [0.1, 0.15) is 36.2 Å². The molecule has 1 unspecified atom stereocenters. The molecule has 2 heterocycles. The fraction of sp³-hybridized carbons (Fsp3) is 0.500. The molecule has 0 N–H and O–H groups in total. The van der Waals surface area contributed by atoms with Crippen molar-refractivity contribution >= 4 is 27.5 Å². The number of amidine groups is 1. The van der Waals surface area contributed by atoms with Gasteiger partial charge in [0.1, 0.15) is 16.5 Å². The number of ether oxygens (including phenoxy) is 1. The van der Waals surface area contributed by atoms with Crippen molar-refractivity contribution in [3.63, 3.8) is 0 Å². The van der Waals surface area contributed by atoms with Crippen LogP contribution in [-0.4, -0.2) is 23.6 Å². The zero-order chi connectivity index (χ0) is 15.0. The Morgan fingerprint density at radius 3 is 2.81 bits per heavy atom. The van der Waals surface area contributed by atoms with E-state index in [-0.39, 0.29) is 10.7 Å². The van der Waals surface area contributed by atoms with Crippen molar-refractivity contribution in [2.24, 2.45) is 4.99 Å². The van der Waals surface area contributed by atoms with E-state index in [1.165, 1.54) is 12.1 Å². The molecule has 1 saturated heterocycles. The third-order valence-corrected chi connectivity index (χ3v) is 4.63. The van der Waals surface area contributed by atoms with Crippen LogP contribution in [0, 0.1) is 0 Å². The number of rotatable bonds is 1. The van der Waals surface area contributed by atoms with Crippen molar-refractivity contribution < 1.29 is 17.9 Å².